The van der Waals surface area contributed by atoms with Gasteiger partial charge in [0.05, 0.1) is 14.7 Å². The van der Waals surface area contributed by atoms with E-state index in [0.717, 1.165) is 20.8 Å². The van der Waals surface area contributed by atoms with Gasteiger partial charge in [0.1, 0.15) is 0 Å². The molecule has 0 saturated carbocycles. The minimum atomic E-state index is 0.178. The molecule has 0 fully saturated rings. The lowest BCUT2D eigenvalue weighted by atomic mass is 10.1. The molecule has 0 bridgehead atoms. The molecule has 2 aromatic rings. The Labute approximate surface area is 131 Å². The highest BCUT2D eigenvalue weighted by molar-refractivity contribution is 7.20. The summed E-state index contributed by atoms with van der Waals surface area (Å²) in [5.74, 6) is 0. The van der Waals surface area contributed by atoms with E-state index in [9.17, 15) is 0 Å². The Kier molecular flexibility index (Phi) is 4.20. The summed E-state index contributed by atoms with van der Waals surface area (Å²) in [7, 11) is 0. The van der Waals surface area contributed by atoms with Crippen LogP contribution in [0.15, 0.2) is 12.1 Å². The van der Waals surface area contributed by atoms with Gasteiger partial charge in [0, 0.05) is 15.3 Å². The van der Waals surface area contributed by atoms with Crippen molar-refractivity contribution in [3.8, 4) is 0 Å². The van der Waals surface area contributed by atoms with Crippen molar-refractivity contribution in [1.29, 1.82) is 0 Å². The quantitative estimate of drug-likeness (QED) is 0.801. The molecule has 1 N–H and O–H groups in total. The molecule has 1 atom stereocenters. The summed E-state index contributed by atoms with van der Waals surface area (Å²) in [6.45, 7) is 3.03. The molecule has 19 heavy (non-hydrogen) atoms. The summed E-state index contributed by atoms with van der Waals surface area (Å²) in [5.41, 5.74) is 2.64. The van der Waals surface area contributed by atoms with Crippen LogP contribution in [-0.2, 0) is 12.8 Å². The third-order valence-electron chi connectivity index (χ3n) is 3.45. The van der Waals surface area contributed by atoms with Gasteiger partial charge in [-0.1, -0.05) is 30.1 Å². The largest absolute Gasteiger partial charge is 0.306 e. The third-order valence-corrected chi connectivity index (χ3v) is 6.27. The number of aryl methyl sites for hydroxylation is 2. The van der Waals surface area contributed by atoms with Crippen molar-refractivity contribution < 1.29 is 0 Å². The van der Waals surface area contributed by atoms with Crippen LogP contribution in [0, 0.1) is 0 Å². The number of nitrogens with one attached hydrogen (secondary N) is 1. The zero-order valence-corrected chi connectivity index (χ0v) is 13.8. The van der Waals surface area contributed by atoms with E-state index in [1.165, 1.54) is 41.0 Å². The lowest BCUT2D eigenvalue weighted by molar-refractivity contribution is 0.641. The summed E-state index contributed by atoms with van der Waals surface area (Å²) in [4.78, 5) is 2.92. The maximum atomic E-state index is 6.32. The number of fused-ring (bicyclic) bond motifs is 1. The first-order chi connectivity index (χ1) is 9.19. The predicted octanol–water partition coefficient (Wildman–Crippen LogP) is 5.30. The highest BCUT2D eigenvalue weighted by Gasteiger charge is 2.23. The fraction of sp³-hybridized carbons (Fsp3) is 0.429. The van der Waals surface area contributed by atoms with Gasteiger partial charge >= 0.3 is 0 Å². The van der Waals surface area contributed by atoms with Gasteiger partial charge in [-0.3, -0.25) is 0 Å². The summed E-state index contributed by atoms with van der Waals surface area (Å²) < 4.78 is 1.55. The number of rotatable bonds is 4. The van der Waals surface area contributed by atoms with E-state index in [-0.39, 0.29) is 6.04 Å². The van der Waals surface area contributed by atoms with E-state index < -0.39 is 0 Å². The average molecular weight is 332 g/mol. The monoisotopic (exact) mass is 331 g/mol. The first-order valence-corrected chi connectivity index (χ1v) is 8.87. The minimum absolute atomic E-state index is 0.178. The van der Waals surface area contributed by atoms with E-state index in [4.69, 9.17) is 23.2 Å². The molecule has 2 aromatic heterocycles. The molecular weight excluding hydrogens is 317 g/mol. The van der Waals surface area contributed by atoms with Gasteiger partial charge in [-0.15, -0.1) is 22.7 Å². The third kappa shape index (κ3) is 2.72. The van der Waals surface area contributed by atoms with Crippen molar-refractivity contribution in [1.82, 2.24) is 5.32 Å². The van der Waals surface area contributed by atoms with Crippen molar-refractivity contribution in [2.24, 2.45) is 0 Å². The van der Waals surface area contributed by atoms with Crippen LogP contribution in [0.2, 0.25) is 8.67 Å². The van der Waals surface area contributed by atoms with E-state index in [0.29, 0.717) is 0 Å². The number of hydrogen-bond donors (Lipinski definition) is 1. The molecule has 5 heteroatoms. The number of thiophene rings is 2. The van der Waals surface area contributed by atoms with Crippen LogP contribution in [0.4, 0.5) is 0 Å². The van der Waals surface area contributed by atoms with Gasteiger partial charge in [-0.2, -0.15) is 0 Å². The Morgan fingerprint density at radius 3 is 2.74 bits per heavy atom. The molecule has 0 aliphatic heterocycles. The summed E-state index contributed by atoms with van der Waals surface area (Å²) in [6.07, 6.45) is 3.76. The second kappa shape index (κ2) is 5.74. The lowest BCUT2D eigenvalue weighted by Gasteiger charge is -2.16. The Balaban J connectivity index is 1.98. The standard InChI is InChI=1S/C14H15Cl2NS2/c1-2-17-13(9-7-12(15)19-14(9)16)11-6-8-4-3-5-10(8)18-11/h6-7,13,17H,2-5H2,1H3. The Morgan fingerprint density at radius 2 is 2.11 bits per heavy atom. The average Bonchev–Trinajstić information content (AvgIpc) is 3.00. The molecule has 1 nitrogen and oxygen atoms in total. The Bertz CT molecular complexity index is 567. The van der Waals surface area contributed by atoms with Gasteiger partial charge in [-0.05, 0) is 43.5 Å². The molecule has 1 aliphatic rings. The fourth-order valence-electron chi connectivity index (χ4n) is 2.61. The molecule has 0 saturated heterocycles. The minimum Gasteiger partial charge on any atom is -0.306 e. The molecule has 2 heterocycles. The molecular formula is C14H15Cl2NS2. The maximum absolute atomic E-state index is 6.32. The van der Waals surface area contributed by atoms with E-state index >= 15 is 0 Å². The van der Waals surface area contributed by atoms with Crippen molar-refractivity contribution in [2.45, 2.75) is 32.2 Å². The lowest BCUT2D eigenvalue weighted by Crippen LogP contribution is -2.20. The molecule has 0 radical (unpaired) electrons. The highest BCUT2D eigenvalue weighted by Crippen LogP contribution is 2.41. The molecule has 1 unspecified atom stereocenters. The van der Waals surface area contributed by atoms with Crippen LogP contribution < -0.4 is 5.32 Å². The van der Waals surface area contributed by atoms with Crippen molar-refractivity contribution in [3.05, 3.63) is 41.7 Å². The molecule has 0 amide bonds. The first kappa shape index (κ1) is 13.9. The second-order valence-corrected chi connectivity index (χ2v) is 8.17. The number of halogens is 2. The van der Waals surface area contributed by atoms with Crippen molar-refractivity contribution >= 4 is 45.9 Å². The van der Waals surface area contributed by atoms with Crippen LogP contribution in [0.25, 0.3) is 0 Å². The molecule has 102 valence electrons. The van der Waals surface area contributed by atoms with Crippen LogP contribution in [0.3, 0.4) is 0 Å². The maximum Gasteiger partial charge on any atom is 0.0995 e. The fourth-order valence-corrected chi connectivity index (χ4v) is 5.50. The molecule has 0 spiro atoms. The van der Waals surface area contributed by atoms with Gasteiger partial charge in [0.25, 0.3) is 0 Å². The summed E-state index contributed by atoms with van der Waals surface area (Å²) >= 11 is 15.8. The normalized spacial score (nSPS) is 15.7. The van der Waals surface area contributed by atoms with E-state index in [1.54, 1.807) is 4.88 Å². The van der Waals surface area contributed by atoms with Crippen LogP contribution in [0.5, 0.6) is 0 Å². The van der Waals surface area contributed by atoms with Gasteiger partial charge < -0.3 is 5.32 Å². The highest BCUT2D eigenvalue weighted by atomic mass is 35.5. The smallest absolute Gasteiger partial charge is 0.0995 e. The molecule has 3 rings (SSSR count). The summed E-state index contributed by atoms with van der Waals surface area (Å²) in [6, 6.07) is 4.52. The van der Waals surface area contributed by atoms with Crippen LogP contribution >= 0.6 is 45.9 Å². The topological polar surface area (TPSA) is 12.0 Å². The Morgan fingerprint density at radius 1 is 1.26 bits per heavy atom. The van der Waals surface area contributed by atoms with E-state index in [2.05, 4.69) is 18.3 Å². The predicted molar refractivity (Wildman–Crippen MR) is 86.2 cm³/mol. The van der Waals surface area contributed by atoms with Crippen molar-refractivity contribution in [3.63, 3.8) is 0 Å². The molecule has 0 aromatic carbocycles. The van der Waals surface area contributed by atoms with Gasteiger partial charge in [0.15, 0.2) is 0 Å². The van der Waals surface area contributed by atoms with Gasteiger partial charge in [0.2, 0.25) is 0 Å². The van der Waals surface area contributed by atoms with Crippen LogP contribution in [-0.4, -0.2) is 6.54 Å². The Hall–Kier alpha value is -0.0600. The number of hydrogen-bond acceptors (Lipinski definition) is 3. The summed E-state index contributed by atoms with van der Waals surface area (Å²) in [5, 5.41) is 3.53. The van der Waals surface area contributed by atoms with E-state index in [1.807, 2.05) is 17.4 Å². The second-order valence-electron chi connectivity index (χ2n) is 4.72. The van der Waals surface area contributed by atoms with Crippen molar-refractivity contribution in [2.75, 3.05) is 6.54 Å². The van der Waals surface area contributed by atoms with Gasteiger partial charge in [-0.25, -0.2) is 0 Å². The zero-order valence-electron chi connectivity index (χ0n) is 10.6. The van der Waals surface area contributed by atoms with Crippen LogP contribution in [0.1, 0.15) is 40.3 Å². The SMILES string of the molecule is CCNC(c1cc2c(s1)CCC2)c1cc(Cl)sc1Cl. The first-order valence-electron chi connectivity index (χ1n) is 6.48. The zero-order chi connectivity index (χ0) is 13.4. The molecule has 1 aliphatic carbocycles.